The van der Waals surface area contributed by atoms with Gasteiger partial charge in [0, 0.05) is 11.6 Å². The van der Waals surface area contributed by atoms with E-state index >= 15 is 0 Å². The van der Waals surface area contributed by atoms with Gasteiger partial charge < -0.3 is 8.98 Å². The summed E-state index contributed by atoms with van der Waals surface area (Å²) in [6.07, 6.45) is 1.94. The van der Waals surface area contributed by atoms with Gasteiger partial charge in [-0.25, -0.2) is 5.84 Å². The maximum Gasteiger partial charge on any atom is 0.268 e. The van der Waals surface area contributed by atoms with Crippen LogP contribution in [0.2, 0.25) is 5.02 Å². The summed E-state index contributed by atoms with van der Waals surface area (Å²) < 4.78 is 7.61. The fourth-order valence-electron chi connectivity index (χ4n) is 2.44. The highest BCUT2D eigenvalue weighted by Gasteiger charge is 2.15. The summed E-state index contributed by atoms with van der Waals surface area (Å²) in [5.74, 6) is 5.99. The molecular formula is C15H14ClN3O2. The lowest BCUT2D eigenvalue weighted by molar-refractivity contribution is 0.0952. The van der Waals surface area contributed by atoms with Crippen molar-refractivity contribution in [3.8, 4) is 0 Å². The van der Waals surface area contributed by atoms with Crippen LogP contribution in [0.3, 0.4) is 0 Å². The largest absolute Gasteiger partial charge is 0.464 e. The van der Waals surface area contributed by atoms with Gasteiger partial charge in [-0.1, -0.05) is 23.7 Å². The lowest BCUT2D eigenvalue weighted by Crippen LogP contribution is -2.30. The van der Waals surface area contributed by atoms with E-state index in [-0.39, 0.29) is 5.91 Å². The molecule has 6 heteroatoms. The van der Waals surface area contributed by atoms with Gasteiger partial charge in [-0.15, -0.1) is 0 Å². The van der Waals surface area contributed by atoms with Crippen LogP contribution in [0.5, 0.6) is 0 Å². The van der Waals surface area contributed by atoms with Gasteiger partial charge in [0.05, 0.1) is 22.6 Å². The molecule has 2 aromatic heterocycles. The Labute approximate surface area is 126 Å². The highest BCUT2D eigenvalue weighted by Crippen LogP contribution is 2.26. The molecule has 0 unspecified atom stereocenters. The molecule has 0 spiro atoms. The summed E-state index contributed by atoms with van der Waals surface area (Å²) in [5, 5.41) is 1.74. The zero-order valence-electron chi connectivity index (χ0n) is 11.4. The first-order chi connectivity index (χ1) is 10.1. The topological polar surface area (TPSA) is 73.2 Å². The summed E-state index contributed by atoms with van der Waals surface area (Å²) >= 11 is 6.25. The number of benzene rings is 1. The Morgan fingerprint density at radius 1 is 1.43 bits per heavy atom. The van der Waals surface area contributed by atoms with E-state index in [0.29, 0.717) is 28.7 Å². The van der Waals surface area contributed by atoms with E-state index in [1.807, 2.05) is 35.0 Å². The first kappa shape index (κ1) is 13.7. The van der Waals surface area contributed by atoms with Crippen molar-refractivity contribution in [2.24, 2.45) is 5.84 Å². The fourth-order valence-corrected chi connectivity index (χ4v) is 2.73. The van der Waals surface area contributed by atoms with E-state index in [9.17, 15) is 4.79 Å². The highest BCUT2D eigenvalue weighted by molar-refractivity contribution is 6.35. The van der Waals surface area contributed by atoms with Gasteiger partial charge in [-0.3, -0.25) is 10.2 Å². The first-order valence-corrected chi connectivity index (χ1v) is 6.81. The Morgan fingerprint density at radius 2 is 2.24 bits per heavy atom. The summed E-state index contributed by atoms with van der Waals surface area (Å²) in [4.78, 5) is 11.6. The summed E-state index contributed by atoms with van der Waals surface area (Å²) in [5.41, 5.74) is 3.49. The maximum absolute atomic E-state index is 11.6. The normalized spacial score (nSPS) is 11.0. The number of nitrogens with zero attached hydrogens (tertiary/aromatic N) is 1. The van der Waals surface area contributed by atoms with Crippen molar-refractivity contribution >= 4 is 28.4 Å². The van der Waals surface area contributed by atoms with Gasteiger partial charge in [-0.05, 0) is 25.1 Å². The number of para-hydroxylation sites is 1. The second kappa shape index (κ2) is 5.27. The molecule has 5 nitrogen and oxygen atoms in total. The van der Waals surface area contributed by atoms with Crippen molar-refractivity contribution in [2.45, 2.75) is 13.5 Å². The molecule has 1 amide bonds. The predicted molar refractivity (Wildman–Crippen MR) is 81.1 cm³/mol. The van der Waals surface area contributed by atoms with E-state index < -0.39 is 0 Å². The molecule has 0 aliphatic rings. The second-order valence-corrected chi connectivity index (χ2v) is 5.18. The van der Waals surface area contributed by atoms with Crippen molar-refractivity contribution in [2.75, 3.05) is 0 Å². The van der Waals surface area contributed by atoms with Gasteiger partial charge in [0.1, 0.15) is 11.5 Å². The zero-order valence-corrected chi connectivity index (χ0v) is 12.1. The second-order valence-electron chi connectivity index (χ2n) is 4.78. The molecule has 108 valence electrons. The molecule has 0 aliphatic carbocycles. The number of hydrogen-bond acceptors (Lipinski definition) is 3. The number of carbonyl (C=O) groups excluding carboxylic acids is 1. The molecule has 1 aromatic carbocycles. The van der Waals surface area contributed by atoms with E-state index in [1.54, 1.807) is 13.0 Å². The van der Waals surface area contributed by atoms with Crippen LogP contribution in [0, 0.1) is 6.92 Å². The molecule has 0 aliphatic heterocycles. The molecule has 21 heavy (non-hydrogen) atoms. The van der Waals surface area contributed by atoms with Crippen molar-refractivity contribution < 1.29 is 9.21 Å². The molecule has 3 aromatic rings. The van der Waals surface area contributed by atoms with Crippen molar-refractivity contribution in [3.05, 3.63) is 58.6 Å². The Kier molecular flexibility index (Phi) is 3.45. The quantitative estimate of drug-likeness (QED) is 0.444. The fraction of sp³-hybridized carbons (Fsp3) is 0.133. The Balaban J connectivity index is 1.98. The molecule has 3 N–H and O–H groups in total. The third-order valence-corrected chi connectivity index (χ3v) is 3.71. The van der Waals surface area contributed by atoms with Gasteiger partial charge in [-0.2, -0.15) is 0 Å². The smallest absolute Gasteiger partial charge is 0.268 e. The molecular weight excluding hydrogens is 290 g/mol. The minimum absolute atomic E-state index is 0.363. The number of halogens is 1. The third-order valence-electron chi connectivity index (χ3n) is 3.41. The highest BCUT2D eigenvalue weighted by atomic mass is 35.5. The molecule has 2 heterocycles. The van der Waals surface area contributed by atoms with Crippen LogP contribution in [0.15, 0.2) is 40.9 Å². The van der Waals surface area contributed by atoms with Crippen LogP contribution in [0.4, 0.5) is 0 Å². The number of nitrogens with one attached hydrogen (secondary N) is 1. The standard InChI is InChI=1S/C15H14ClN3O2/c1-9-12(15(20)18-17)7-11(21-9)8-19-6-5-10-3-2-4-13(16)14(10)19/h2-7H,8,17H2,1H3,(H,18,20). The number of carbonyl (C=O) groups is 1. The van der Waals surface area contributed by atoms with Gasteiger partial charge in [0.25, 0.3) is 5.91 Å². The van der Waals surface area contributed by atoms with E-state index in [0.717, 1.165) is 10.9 Å². The molecule has 0 fully saturated rings. The van der Waals surface area contributed by atoms with Gasteiger partial charge >= 0.3 is 0 Å². The zero-order chi connectivity index (χ0) is 15.0. The van der Waals surface area contributed by atoms with Crippen LogP contribution >= 0.6 is 11.6 Å². The SMILES string of the molecule is Cc1oc(Cn2ccc3cccc(Cl)c32)cc1C(=O)NN. The van der Waals surface area contributed by atoms with Crippen LogP contribution in [-0.4, -0.2) is 10.5 Å². The Hall–Kier alpha value is -2.24. The lowest BCUT2D eigenvalue weighted by atomic mass is 10.2. The van der Waals surface area contributed by atoms with Gasteiger partial charge in [0.2, 0.25) is 0 Å². The number of aromatic nitrogens is 1. The minimum atomic E-state index is -0.363. The number of hydrazine groups is 1. The van der Waals surface area contributed by atoms with Crippen LogP contribution in [0.25, 0.3) is 10.9 Å². The number of furan rings is 1. The van der Waals surface area contributed by atoms with Crippen molar-refractivity contribution in [1.82, 2.24) is 9.99 Å². The average molecular weight is 304 g/mol. The number of aryl methyl sites for hydroxylation is 1. The van der Waals surface area contributed by atoms with Crippen LogP contribution < -0.4 is 11.3 Å². The first-order valence-electron chi connectivity index (χ1n) is 6.43. The number of nitrogens with two attached hydrogens (primary N) is 1. The van der Waals surface area contributed by atoms with Crippen LogP contribution in [-0.2, 0) is 6.54 Å². The number of nitrogen functional groups attached to an aromatic ring is 1. The molecule has 0 radical (unpaired) electrons. The third kappa shape index (κ3) is 2.41. The van der Waals surface area contributed by atoms with Crippen molar-refractivity contribution in [1.29, 1.82) is 0 Å². The summed E-state index contributed by atoms with van der Waals surface area (Å²) in [6, 6.07) is 9.44. The predicted octanol–water partition coefficient (Wildman–Crippen LogP) is 2.85. The maximum atomic E-state index is 11.6. The van der Waals surface area contributed by atoms with E-state index in [1.165, 1.54) is 0 Å². The molecule has 0 bridgehead atoms. The Morgan fingerprint density at radius 3 is 3.00 bits per heavy atom. The Bertz CT molecular complexity index is 820. The molecule has 0 atom stereocenters. The number of hydrogen-bond donors (Lipinski definition) is 2. The number of rotatable bonds is 3. The summed E-state index contributed by atoms with van der Waals surface area (Å²) in [7, 11) is 0. The van der Waals surface area contributed by atoms with Crippen LogP contribution in [0.1, 0.15) is 21.9 Å². The average Bonchev–Trinajstić information content (AvgIpc) is 3.03. The molecule has 0 saturated carbocycles. The number of amides is 1. The molecule has 3 rings (SSSR count). The van der Waals surface area contributed by atoms with Crippen molar-refractivity contribution in [3.63, 3.8) is 0 Å². The van der Waals surface area contributed by atoms with Gasteiger partial charge in [0.15, 0.2) is 0 Å². The number of fused-ring (bicyclic) bond motifs is 1. The minimum Gasteiger partial charge on any atom is -0.464 e. The lowest BCUT2D eigenvalue weighted by Gasteiger charge is -2.04. The van der Waals surface area contributed by atoms with E-state index in [4.69, 9.17) is 21.9 Å². The molecule has 0 saturated heterocycles. The monoisotopic (exact) mass is 303 g/mol. The van der Waals surface area contributed by atoms with E-state index in [2.05, 4.69) is 5.43 Å². The summed E-state index contributed by atoms with van der Waals surface area (Å²) in [6.45, 7) is 2.22.